The van der Waals surface area contributed by atoms with Crippen molar-refractivity contribution in [2.75, 3.05) is 51.8 Å². The molecule has 196 valence electrons. The van der Waals surface area contributed by atoms with Crippen molar-refractivity contribution < 1.29 is 17.9 Å². The Morgan fingerprint density at radius 3 is 2.19 bits per heavy atom. The van der Waals surface area contributed by atoms with E-state index in [9.17, 15) is 13.2 Å². The number of aromatic nitrogens is 1. The predicted octanol–water partition coefficient (Wildman–Crippen LogP) is 4.71. The van der Waals surface area contributed by atoms with Gasteiger partial charge in [0.2, 0.25) is 10.0 Å². The summed E-state index contributed by atoms with van der Waals surface area (Å²) in [6.45, 7) is 8.40. The largest absolute Gasteiger partial charge is 0.492 e. The highest BCUT2D eigenvalue weighted by atomic mass is 32.2. The van der Waals surface area contributed by atoms with Crippen molar-refractivity contribution in [1.82, 2.24) is 14.2 Å². The molecule has 0 bridgehead atoms. The summed E-state index contributed by atoms with van der Waals surface area (Å²) in [4.78, 5) is 22.2. The summed E-state index contributed by atoms with van der Waals surface area (Å²) in [6.07, 6.45) is 1.48. The van der Waals surface area contributed by atoms with Gasteiger partial charge in [0.15, 0.2) is 5.13 Å². The smallest absolute Gasteiger partial charge is 0.260 e. The summed E-state index contributed by atoms with van der Waals surface area (Å²) in [5.74, 6) is 0.465. The van der Waals surface area contributed by atoms with E-state index in [0.717, 1.165) is 23.1 Å². The summed E-state index contributed by atoms with van der Waals surface area (Å²) in [6, 6.07) is 12.0. The first-order valence-electron chi connectivity index (χ1n) is 12.3. The van der Waals surface area contributed by atoms with Crippen molar-refractivity contribution in [3.05, 3.63) is 48.0 Å². The SMILES string of the molecule is CCCN(CCC)S(=O)(=O)c1ccc(C(=O)N(CCN(C)C)c2nc3c(OCC)cccc3s2)cc1. The van der Waals surface area contributed by atoms with Crippen LogP contribution in [0.1, 0.15) is 44.0 Å². The summed E-state index contributed by atoms with van der Waals surface area (Å²) in [7, 11) is 0.289. The zero-order chi connectivity index (χ0) is 26.3. The van der Waals surface area contributed by atoms with E-state index in [1.807, 2.05) is 58.0 Å². The van der Waals surface area contributed by atoms with E-state index >= 15 is 0 Å². The van der Waals surface area contributed by atoms with Gasteiger partial charge in [-0.1, -0.05) is 31.3 Å². The van der Waals surface area contributed by atoms with Crippen molar-refractivity contribution >= 4 is 42.6 Å². The molecule has 1 amide bonds. The number of benzene rings is 2. The average Bonchev–Trinajstić information content (AvgIpc) is 3.29. The average molecular weight is 533 g/mol. The van der Waals surface area contributed by atoms with E-state index in [-0.39, 0.29) is 10.8 Å². The molecule has 1 heterocycles. The lowest BCUT2D eigenvalue weighted by Gasteiger charge is -2.23. The van der Waals surface area contributed by atoms with Crippen LogP contribution in [0, 0.1) is 0 Å². The Hall–Kier alpha value is -2.53. The van der Waals surface area contributed by atoms with Gasteiger partial charge < -0.3 is 9.64 Å². The molecule has 0 aliphatic rings. The number of thiazole rings is 1. The lowest BCUT2D eigenvalue weighted by Crippen LogP contribution is -2.36. The van der Waals surface area contributed by atoms with Crippen LogP contribution in [0.4, 0.5) is 5.13 Å². The van der Waals surface area contributed by atoms with Crippen LogP contribution in [0.25, 0.3) is 10.2 Å². The minimum absolute atomic E-state index is 0.196. The molecule has 10 heteroatoms. The molecule has 0 atom stereocenters. The van der Waals surface area contributed by atoms with Gasteiger partial charge in [-0.15, -0.1) is 0 Å². The molecular formula is C26H36N4O4S2. The fourth-order valence-corrected chi connectivity index (χ4v) is 6.44. The van der Waals surface area contributed by atoms with Gasteiger partial charge in [0.25, 0.3) is 5.91 Å². The summed E-state index contributed by atoms with van der Waals surface area (Å²) in [5.41, 5.74) is 1.14. The van der Waals surface area contributed by atoms with Crippen molar-refractivity contribution in [3.63, 3.8) is 0 Å². The molecule has 3 aromatic rings. The van der Waals surface area contributed by atoms with Gasteiger partial charge in [-0.3, -0.25) is 9.69 Å². The molecule has 2 aromatic carbocycles. The maximum absolute atomic E-state index is 13.6. The minimum Gasteiger partial charge on any atom is -0.492 e. The van der Waals surface area contributed by atoms with E-state index in [1.165, 1.54) is 27.8 Å². The van der Waals surface area contributed by atoms with E-state index in [1.54, 1.807) is 17.0 Å². The third-order valence-corrected chi connectivity index (χ3v) is 8.56. The molecule has 8 nitrogen and oxygen atoms in total. The molecule has 0 unspecified atom stereocenters. The molecule has 0 saturated carbocycles. The highest BCUT2D eigenvalue weighted by Gasteiger charge is 2.25. The van der Waals surface area contributed by atoms with Gasteiger partial charge in [-0.2, -0.15) is 4.31 Å². The Balaban J connectivity index is 1.94. The van der Waals surface area contributed by atoms with Crippen LogP contribution >= 0.6 is 11.3 Å². The number of sulfonamides is 1. The number of rotatable bonds is 13. The summed E-state index contributed by atoms with van der Waals surface area (Å²) < 4.78 is 34.4. The standard InChI is InChI=1S/C26H36N4O4S2/c1-6-16-29(17-7-2)36(32,33)21-14-12-20(13-15-21)25(31)30(19-18-28(4)5)26-27-24-22(34-8-3)10-9-11-23(24)35-26/h9-15H,6-8,16-19H2,1-5H3. The highest BCUT2D eigenvalue weighted by Crippen LogP contribution is 2.35. The lowest BCUT2D eigenvalue weighted by atomic mass is 10.2. The van der Waals surface area contributed by atoms with Gasteiger partial charge in [-0.05, 0) is 70.3 Å². The Bertz CT molecular complexity index is 1250. The van der Waals surface area contributed by atoms with E-state index in [0.29, 0.717) is 49.2 Å². The number of carbonyl (C=O) groups excluding carboxylic acids is 1. The van der Waals surface area contributed by atoms with Crippen LogP contribution in [0.5, 0.6) is 5.75 Å². The minimum atomic E-state index is -3.61. The number of anilines is 1. The topological polar surface area (TPSA) is 83.1 Å². The molecule has 0 aliphatic carbocycles. The second-order valence-corrected chi connectivity index (χ2v) is 11.7. The normalized spacial score (nSPS) is 12.0. The predicted molar refractivity (Wildman–Crippen MR) is 147 cm³/mol. The Kier molecular flexibility index (Phi) is 9.84. The Morgan fingerprint density at radius 2 is 1.61 bits per heavy atom. The number of fused-ring (bicyclic) bond motifs is 1. The van der Waals surface area contributed by atoms with E-state index in [2.05, 4.69) is 0 Å². The molecule has 1 aromatic heterocycles. The number of ether oxygens (including phenoxy) is 1. The number of carbonyl (C=O) groups is 1. The summed E-state index contributed by atoms with van der Waals surface area (Å²) >= 11 is 1.44. The van der Waals surface area contributed by atoms with Crippen LogP contribution in [-0.4, -0.2) is 75.4 Å². The zero-order valence-electron chi connectivity index (χ0n) is 21.7. The second-order valence-electron chi connectivity index (χ2n) is 8.72. The van der Waals surface area contributed by atoms with Gasteiger partial charge in [0.1, 0.15) is 11.3 Å². The molecule has 0 fully saturated rings. The number of likely N-dealkylation sites (N-methyl/N-ethyl adjacent to an activating group) is 1. The number of para-hydroxylation sites is 1. The first-order valence-corrected chi connectivity index (χ1v) is 14.6. The quantitative estimate of drug-likeness (QED) is 0.317. The monoisotopic (exact) mass is 532 g/mol. The first kappa shape index (κ1) is 28.0. The van der Waals surface area contributed by atoms with Crippen LogP contribution < -0.4 is 9.64 Å². The lowest BCUT2D eigenvalue weighted by molar-refractivity contribution is 0.0985. The van der Waals surface area contributed by atoms with Crippen LogP contribution in [0.3, 0.4) is 0 Å². The maximum Gasteiger partial charge on any atom is 0.260 e. The molecular weight excluding hydrogens is 496 g/mol. The third-order valence-electron chi connectivity index (χ3n) is 5.60. The number of nitrogens with zero attached hydrogens (tertiary/aromatic N) is 4. The van der Waals surface area contributed by atoms with Crippen LogP contribution in [0.15, 0.2) is 47.4 Å². The van der Waals surface area contributed by atoms with E-state index < -0.39 is 10.0 Å². The second kappa shape index (κ2) is 12.6. The molecule has 0 saturated heterocycles. The molecule has 36 heavy (non-hydrogen) atoms. The maximum atomic E-state index is 13.6. The zero-order valence-corrected chi connectivity index (χ0v) is 23.4. The Morgan fingerprint density at radius 1 is 0.944 bits per heavy atom. The number of amides is 1. The molecule has 0 radical (unpaired) electrons. The molecule has 0 spiro atoms. The fraction of sp³-hybridized carbons (Fsp3) is 0.462. The Labute approximate surface area is 218 Å². The third kappa shape index (κ3) is 6.42. The summed E-state index contributed by atoms with van der Waals surface area (Å²) in [5, 5.41) is 0.581. The van der Waals surface area contributed by atoms with Crippen molar-refractivity contribution in [2.24, 2.45) is 0 Å². The fourth-order valence-electron chi connectivity index (χ4n) is 3.81. The molecule has 0 aliphatic heterocycles. The highest BCUT2D eigenvalue weighted by molar-refractivity contribution is 7.89. The van der Waals surface area contributed by atoms with Crippen LogP contribution in [0.2, 0.25) is 0 Å². The van der Waals surface area contributed by atoms with Gasteiger partial charge in [-0.25, -0.2) is 13.4 Å². The van der Waals surface area contributed by atoms with Gasteiger partial charge in [0, 0.05) is 31.7 Å². The van der Waals surface area contributed by atoms with Crippen molar-refractivity contribution in [3.8, 4) is 5.75 Å². The van der Waals surface area contributed by atoms with E-state index in [4.69, 9.17) is 9.72 Å². The van der Waals surface area contributed by atoms with Gasteiger partial charge in [0.05, 0.1) is 16.2 Å². The molecule has 0 N–H and O–H groups in total. The molecule has 3 rings (SSSR count). The van der Waals surface area contributed by atoms with Crippen molar-refractivity contribution in [2.45, 2.75) is 38.5 Å². The number of hydrogen-bond acceptors (Lipinski definition) is 7. The first-order chi connectivity index (χ1) is 17.2. The number of hydrogen-bond donors (Lipinski definition) is 0. The van der Waals surface area contributed by atoms with Gasteiger partial charge >= 0.3 is 0 Å². The van der Waals surface area contributed by atoms with Crippen LogP contribution in [-0.2, 0) is 10.0 Å². The van der Waals surface area contributed by atoms with Crippen molar-refractivity contribution in [1.29, 1.82) is 0 Å².